The first kappa shape index (κ1) is 12.5. The van der Waals surface area contributed by atoms with Crippen LogP contribution in [0.2, 0.25) is 0 Å². The van der Waals surface area contributed by atoms with Gasteiger partial charge in [0, 0.05) is 0 Å². The fourth-order valence-corrected chi connectivity index (χ4v) is 0.570. The average Bonchev–Trinajstić information content (AvgIpc) is 2.03. The van der Waals surface area contributed by atoms with Gasteiger partial charge < -0.3 is 4.74 Å². The number of carbonyl (C=O) groups excluding carboxylic acids is 2. The zero-order valence-electron chi connectivity index (χ0n) is 7.00. The van der Waals surface area contributed by atoms with Crippen molar-refractivity contribution in [2.45, 2.75) is 19.1 Å². The van der Waals surface area contributed by atoms with E-state index in [0.717, 1.165) is 0 Å². The number of rotatable bonds is 4. The molecule has 0 aliphatic rings. The van der Waals surface area contributed by atoms with E-state index in [0.29, 0.717) is 0 Å². The molecular formula is C6H6F3NO4. The van der Waals surface area contributed by atoms with Gasteiger partial charge in [0.25, 0.3) is 11.8 Å². The van der Waals surface area contributed by atoms with Gasteiger partial charge in [-0.05, 0) is 12.1 Å². The Hall–Kier alpha value is -1.47. The molecule has 0 amide bonds. The van der Waals surface area contributed by atoms with Gasteiger partial charge in [0.15, 0.2) is 0 Å². The summed E-state index contributed by atoms with van der Waals surface area (Å²) in [5.41, 5.74) is 0. The zero-order valence-corrected chi connectivity index (χ0v) is 7.00. The molecule has 0 saturated carbocycles. The molecule has 1 unspecified atom stereocenters. The fraction of sp³-hybridized carbons (Fsp3) is 0.667. The predicted octanol–water partition coefficient (Wildman–Crippen LogP) is 0.816. The number of ether oxygens (including phenoxy) is 1. The molecule has 80 valence electrons. The van der Waals surface area contributed by atoms with Crippen LogP contribution in [0.3, 0.4) is 0 Å². The SMILES string of the molecule is CCOC(=O)C(=O)C(N=O)C(F)(F)F. The van der Waals surface area contributed by atoms with Crippen molar-refractivity contribution in [3.8, 4) is 0 Å². The summed E-state index contributed by atoms with van der Waals surface area (Å²) in [4.78, 5) is 30.8. The fourth-order valence-electron chi connectivity index (χ4n) is 0.570. The maximum atomic E-state index is 11.8. The van der Waals surface area contributed by atoms with Crippen LogP contribution in [0.5, 0.6) is 0 Å². The van der Waals surface area contributed by atoms with Gasteiger partial charge in [-0.3, -0.25) is 4.79 Å². The van der Waals surface area contributed by atoms with Crippen LogP contribution < -0.4 is 0 Å². The molecule has 8 heteroatoms. The van der Waals surface area contributed by atoms with Crippen molar-refractivity contribution >= 4 is 11.8 Å². The molecule has 0 saturated heterocycles. The van der Waals surface area contributed by atoms with Crippen molar-refractivity contribution in [1.29, 1.82) is 0 Å². The maximum absolute atomic E-state index is 11.8. The Morgan fingerprint density at radius 2 is 1.93 bits per heavy atom. The quantitative estimate of drug-likeness (QED) is 0.393. The lowest BCUT2D eigenvalue weighted by Crippen LogP contribution is -2.39. The van der Waals surface area contributed by atoms with Crippen LogP contribution in [0.25, 0.3) is 0 Å². The number of Topliss-reactive ketones (excluding diaryl/α,β-unsaturated/α-hetero) is 1. The maximum Gasteiger partial charge on any atom is 0.422 e. The van der Waals surface area contributed by atoms with E-state index in [1.807, 2.05) is 0 Å². The molecule has 0 aromatic rings. The Morgan fingerprint density at radius 3 is 2.21 bits per heavy atom. The third kappa shape index (κ3) is 3.11. The molecule has 0 aliphatic heterocycles. The lowest BCUT2D eigenvalue weighted by molar-refractivity contribution is -0.172. The summed E-state index contributed by atoms with van der Waals surface area (Å²) in [5, 5.41) is 1.54. The van der Waals surface area contributed by atoms with E-state index >= 15 is 0 Å². The first-order chi connectivity index (χ1) is 6.34. The summed E-state index contributed by atoms with van der Waals surface area (Å²) in [6, 6.07) is -3.18. The van der Waals surface area contributed by atoms with Crippen molar-refractivity contribution in [3.63, 3.8) is 0 Å². The highest BCUT2D eigenvalue weighted by molar-refractivity contribution is 6.36. The summed E-state index contributed by atoms with van der Waals surface area (Å²) in [6.45, 7) is 1.05. The van der Waals surface area contributed by atoms with Crippen LogP contribution in [0, 0.1) is 4.91 Å². The topological polar surface area (TPSA) is 72.8 Å². The molecular weight excluding hydrogens is 207 g/mol. The van der Waals surface area contributed by atoms with Crippen LogP contribution in [0.1, 0.15) is 6.92 Å². The number of hydrogen-bond donors (Lipinski definition) is 0. The molecule has 0 aromatic carbocycles. The van der Waals surface area contributed by atoms with Crippen molar-refractivity contribution in [1.82, 2.24) is 0 Å². The molecule has 0 aromatic heterocycles. The van der Waals surface area contributed by atoms with Gasteiger partial charge in [0.1, 0.15) is 0 Å². The largest absolute Gasteiger partial charge is 0.460 e. The zero-order chi connectivity index (χ0) is 11.4. The number of ketones is 1. The van der Waals surface area contributed by atoms with E-state index in [9.17, 15) is 27.7 Å². The second-order valence-electron chi connectivity index (χ2n) is 2.13. The molecule has 0 aliphatic carbocycles. The summed E-state index contributed by atoms with van der Waals surface area (Å²) in [6.07, 6.45) is -5.16. The Bertz CT molecular complexity index is 250. The van der Waals surface area contributed by atoms with Crippen LogP contribution >= 0.6 is 0 Å². The van der Waals surface area contributed by atoms with E-state index in [4.69, 9.17) is 0 Å². The van der Waals surface area contributed by atoms with Gasteiger partial charge in [-0.25, -0.2) is 4.79 Å². The Kier molecular flexibility index (Phi) is 4.19. The third-order valence-corrected chi connectivity index (χ3v) is 1.14. The number of hydrogen-bond acceptors (Lipinski definition) is 5. The second-order valence-corrected chi connectivity index (χ2v) is 2.13. The van der Waals surface area contributed by atoms with Gasteiger partial charge in [-0.1, -0.05) is 0 Å². The summed E-state index contributed by atoms with van der Waals surface area (Å²) in [7, 11) is 0. The van der Waals surface area contributed by atoms with Crippen LogP contribution in [-0.4, -0.2) is 30.6 Å². The molecule has 0 radical (unpaired) electrons. The van der Waals surface area contributed by atoms with E-state index in [-0.39, 0.29) is 6.61 Å². The number of alkyl halides is 3. The molecule has 14 heavy (non-hydrogen) atoms. The number of carbonyl (C=O) groups is 2. The monoisotopic (exact) mass is 213 g/mol. The van der Waals surface area contributed by atoms with Crippen molar-refractivity contribution in [3.05, 3.63) is 4.91 Å². The second kappa shape index (κ2) is 4.68. The first-order valence-corrected chi connectivity index (χ1v) is 3.44. The lowest BCUT2D eigenvalue weighted by Gasteiger charge is -2.10. The number of nitroso groups, excluding NO2 is 1. The highest BCUT2D eigenvalue weighted by Gasteiger charge is 2.49. The molecule has 1 atom stereocenters. The number of halogens is 3. The van der Waals surface area contributed by atoms with Gasteiger partial charge in [-0.2, -0.15) is 13.2 Å². The average molecular weight is 213 g/mol. The molecule has 0 heterocycles. The lowest BCUT2D eigenvalue weighted by atomic mass is 10.2. The highest BCUT2D eigenvalue weighted by atomic mass is 19.4. The molecule has 5 nitrogen and oxygen atoms in total. The Labute approximate surface area is 76.2 Å². The minimum Gasteiger partial charge on any atom is -0.460 e. The number of nitrogens with zero attached hydrogens (tertiary/aromatic N) is 1. The van der Waals surface area contributed by atoms with Gasteiger partial charge in [-0.15, -0.1) is 4.91 Å². The predicted molar refractivity (Wildman–Crippen MR) is 37.3 cm³/mol. The molecule has 0 bridgehead atoms. The molecule has 0 N–H and O–H groups in total. The molecule has 0 rings (SSSR count). The van der Waals surface area contributed by atoms with Crippen LogP contribution in [0.4, 0.5) is 13.2 Å². The summed E-state index contributed by atoms with van der Waals surface area (Å²) in [5.74, 6) is -3.72. The van der Waals surface area contributed by atoms with E-state index in [1.54, 1.807) is 0 Å². The van der Waals surface area contributed by atoms with Gasteiger partial charge in [0.2, 0.25) is 0 Å². The van der Waals surface area contributed by atoms with Crippen LogP contribution in [-0.2, 0) is 14.3 Å². The van der Waals surface area contributed by atoms with Crippen molar-refractivity contribution in [2.75, 3.05) is 6.61 Å². The first-order valence-electron chi connectivity index (χ1n) is 3.44. The van der Waals surface area contributed by atoms with E-state index < -0.39 is 24.0 Å². The van der Waals surface area contributed by atoms with Crippen molar-refractivity contribution in [2.24, 2.45) is 5.18 Å². The third-order valence-electron chi connectivity index (χ3n) is 1.14. The van der Waals surface area contributed by atoms with Gasteiger partial charge >= 0.3 is 12.1 Å². The summed E-state index contributed by atoms with van der Waals surface area (Å²) < 4.78 is 39.5. The van der Waals surface area contributed by atoms with Crippen molar-refractivity contribution < 1.29 is 27.5 Å². The minimum absolute atomic E-state index is 0.256. The molecule has 0 spiro atoms. The molecule has 0 fully saturated rings. The normalized spacial score (nSPS) is 13.1. The Balaban J connectivity index is 4.64. The Morgan fingerprint density at radius 1 is 1.43 bits per heavy atom. The standard InChI is InChI=1S/C6H6F3NO4/c1-2-14-5(12)3(11)4(10-13)6(7,8)9/h4H,2H2,1H3. The van der Waals surface area contributed by atoms with E-state index in [2.05, 4.69) is 4.74 Å². The minimum atomic E-state index is -5.16. The van der Waals surface area contributed by atoms with E-state index in [1.165, 1.54) is 12.1 Å². The smallest absolute Gasteiger partial charge is 0.422 e. The van der Waals surface area contributed by atoms with Crippen LogP contribution in [0.15, 0.2) is 5.18 Å². The summed E-state index contributed by atoms with van der Waals surface area (Å²) >= 11 is 0. The highest BCUT2D eigenvalue weighted by Crippen LogP contribution is 2.23. The number of esters is 1. The van der Waals surface area contributed by atoms with Gasteiger partial charge in [0.05, 0.1) is 6.61 Å².